The lowest BCUT2D eigenvalue weighted by Crippen LogP contribution is -2.41. The maximum absolute atomic E-state index is 13.0. The number of methoxy groups -OCH3 is 1. The number of nitrogens with zero attached hydrogens (tertiary/aromatic N) is 4. The Kier molecular flexibility index (Phi) is 4.43. The predicted molar refractivity (Wildman–Crippen MR) is 105 cm³/mol. The van der Waals surface area contributed by atoms with Gasteiger partial charge in [-0.05, 0) is 30.2 Å². The highest BCUT2D eigenvalue weighted by molar-refractivity contribution is 7.17. The number of amides is 3. The van der Waals surface area contributed by atoms with E-state index in [0.717, 1.165) is 17.7 Å². The molecule has 0 radical (unpaired) electrons. The van der Waals surface area contributed by atoms with Crippen LogP contribution in [0.25, 0.3) is 0 Å². The van der Waals surface area contributed by atoms with Crippen LogP contribution in [0.2, 0.25) is 0 Å². The second-order valence-corrected chi connectivity index (χ2v) is 8.01. The quantitative estimate of drug-likeness (QED) is 0.840. The Balaban J connectivity index is 1.66. The summed E-state index contributed by atoms with van der Waals surface area (Å²) < 4.78 is 5.12. The molecule has 0 bridgehead atoms. The normalized spacial score (nSPS) is 20.2. The van der Waals surface area contributed by atoms with E-state index < -0.39 is 0 Å². The standard InChI is InChI=1S/C19H19N5O3S/c1-12(25)23-6-5-19(10-23)11-24(15-4-3-13(8-20)7-14(15)19)18(26)22-17-21-9-16(27-2)28-17/h3-4,7,9H,5-6,10-11H2,1-2H3,(H,21,22,26). The van der Waals surface area contributed by atoms with Crippen LogP contribution in [0.3, 0.4) is 0 Å². The fourth-order valence-corrected chi connectivity index (χ4v) is 4.60. The molecule has 1 N–H and O–H groups in total. The van der Waals surface area contributed by atoms with Gasteiger partial charge in [0.15, 0.2) is 10.2 Å². The number of carbonyl (C=O) groups is 2. The number of likely N-dealkylation sites (tertiary alicyclic amines) is 1. The summed E-state index contributed by atoms with van der Waals surface area (Å²) in [7, 11) is 1.55. The topological polar surface area (TPSA) is 98.6 Å². The first-order chi connectivity index (χ1) is 13.5. The lowest BCUT2D eigenvalue weighted by Gasteiger charge is -2.25. The molecule has 1 unspecified atom stereocenters. The van der Waals surface area contributed by atoms with E-state index in [-0.39, 0.29) is 17.4 Å². The number of rotatable bonds is 2. The van der Waals surface area contributed by atoms with Gasteiger partial charge in [0.25, 0.3) is 0 Å². The van der Waals surface area contributed by atoms with Gasteiger partial charge in [0.2, 0.25) is 5.91 Å². The number of nitriles is 1. The Hall–Kier alpha value is -3.12. The lowest BCUT2D eigenvalue weighted by molar-refractivity contribution is -0.127. The Bertz CT molecular complexity index is 998. The van der Waals surface area contributed by atoms with Crippen molar-refractivity contribution in [3.8, 4) is 11.1 Å². The van der Waals surface area contributed by atoms with Crippen molar-refractivity contribution in [1.29, 1.82) is 5.26 Å². The molecular weight excluding hydrogens is 378 g/mol. The number of aromatic nitrogens is 1. The SMILES string of the molecule is COc1cnc(NC(=O)N2CC3(CCN(C(C)=O)C3)c3cc(C#N)ccc32)s1. The highest BCUT2D eigenvalue weighted by Gasteiger charge is 2.49. The summed E-state index contributed by atoms with van der Waals surface area (Å²) in [5, 5.41) is 13.2. The molecule has 3 heterocycles. The fourth-order valence-electron chi connectivity index (χ4n) is 3.98. The average Bonchev–Trinajstić information content (AvgIpc) is 3.40. The largest absolute Gasteiger partial charge is 0.486 e. The number of urea groups is 1. The Morgan fingerprint density at radius 3 is 2.86 bits per heavy atom. The fraction of sp³-hybridized carbons (Fsp3) is 0.368. The molecule has 3 amide bonds. The minimum absolute atomic E-state index is 0.0210. The van der Waals surface area contributed by atoms with Crippen LogP contribution in [0.5, 0.6) is 5.06 Å². The zero-order chi connectivity index (χ0) is 19.9. The lowest BCUT2D eigenvalue weighted by atomic mass is 9.81. The molecule has 1 aromatic heterocycles. The summed E-state index contributed by atoms with van der Waals surface area (Å²) in [5.41, 5.74) is 1.91. The van der Waals surface area contributed by atoms with E-state index in [1.165, 1.54) is 11.3 Å². The van der Waals surface area contributed by atoms with E-state index in [4.69, 9.17) is 4.74 Å². The monoisotopic (exact) mass is 397 g/mol. The maximum Gasteiger partial charge on any atom is 0.328 e. The van der Waals surface area contributed by atoms with Crippen LogP contribution in [-0.2, 0) is 10.2 Å². The molecule has 1 fully saturated rings. The van der Waals surface area contributed by atoms with Gasteiger partial charge in [0.05, 0.1) is 24.9 Å². The zero-order valence-corrected chi connectivity index (χ0v) is 16.4. The van der Waals surface area contributed by atoms with Gasteiger partial charge in [-0.15, -0.1) is 0 Å². The minimum Gasteiger partial charge on any atom is -0.486 e. The molecule has 28 heavy (non-hydrogen) atoms. The van der Waals surface area contributed by atoms with E-state index in [0.29, 0.717) is 35.4 Å². The Morgan fingerprint density at radius 2 is 2.21 bits per heavy atom. The van der Waals surface area contributed by atoms with E-state index in [9.17, 15) is 14.9 Å². The Morgan fingerprint density at radius 1 is 1.39 bits per heavy atom. The van der Waals surface area contributed by atoms with Gasteiger partial charge in [-0.2, -0.15) is 5.26 Å². The molecule has 2 aliphatic rings. The molecule has 0 aliphatic carbocycles. The first-order valence-corrected chi connectivity index (χ1v) is 9.66. The van der Waals surface area contributed by atoms with Crippen molar-refractivity contribution in [3.63, 3.8) is 0 Å². The molecule has 144 valence electrons. The minimum atomic E-state index is -0.355. The highest BCUT2D eigenvalue weighted by Crippen LogP contribution is 2.47. The van der Waals surface area contributed by atoms with Gasteiger partial charge in [0, 0.05) is 37.7 Å². The number of ether oxygens (including phenoxy) is 1. The zero-order valence-electron chi connectivity index (χ0n) is 15.6. The van der Waals surface area contributed by atoms with Gasteiger partial charge in [-0.25, -0.2) is 9.78 Å². The number of fused-ring (bicyclic) bond motifs is 2. The molecule has 1 saturated heterocycles. The highest BCUT2D eigenvalue weighted by atomic mass is 32.1. The van der Waals surface area contributed by atoms with Crippen molar-refractivity contribution in [1.82, 2.24) is 9.88 Å². The third kappa shape index (κ3) is 2.96. The van der Waals surface area contributed by atoms with E-state index in [1.807, 2.05) is 6.07 Å². The van der Waals surface area contributed by atoms with Crippen molar-refractivity contribution < 1.29 is 14.3 Å². The van der Waals surface area contributed by atoms with Crippen LogP contribution in [0.15, 0.2) is 24.4 Å². The number of anilines is 2. The number of hydrogen-bond donors (Lipinski definition) is 1. The summed E-state index contributed by atoms with van der Waals surface area (Å²) in [6.45, 7) is 3.19. The molecule has 0 saturated carbocycles. The van der Waals surface area contributed by atoms with Gasteiger partial charge in [-0.1, -0.05) is 11.3 Å². The van der Waals surface area contributed by atoms with Crippen molar-refractivity contribution >= 4 is 34.1 Å². The van der Waals surface area contributed by atoms with Gasteiger partial charge >= 0.3 is 6.03 Å². The van der Waals surface area contributed by atoms with E-state index >= 15 is 0 Å². The second kappa shape index (κ2) is 6.80. The van der Waals surface area contributed by atoms with Gasteiger partial charge in [0.1, 0.15) is 0 Å². The van der Waals surface area contributed by atoms with Gasteiger partial charge in [-0.3, -0.25) is 15.0 Å². The summed E-state index contributed by atoms with van der Waals surface area (Å²) >= 11 is 1.25. The molecule has 2 aliphatic heterocycles. The number of hydrogen-bond acceptors (Lipinski definition) is 6. The first-order valence-electron chi connectivity index (χ1n) is 8.84. The Labute approximate surface area is 166 Å². The van der Waals surface area contributed by atoms with Gasteiger partial charge < -0.3 is 9.64 Å². The third-order valence-corrected chi connectivity index (χ3v) is 6.27. The summed E-state index contributed by atoms with van der Waals surface area (Å²) in [6, 6.07) is 7.24. The molecule has 9 heteroatoms. The van der Waals surface area contributed by atoms with Crippen LogP contribution in [0.1, 0.15) is 24.5 Å². The average molecular weight is 397 g/mol. The number of carbonyl (C=O) groups excluding carboxylic acids is 2. The second-order valence-electron chi connectivity index (χ2n) is 7.02. The first kappa shape index (κ1) is 18.3. The van der Waals surface area contributed by atoms with Crippen LogP contribution in [0, 0.1) is 11.3 Å². The van der Waals surface area contributed by atoms with Crippen LogP contribution in [-0.4, -0.2) is 48.6 Å². The molecule has 4 rings (SSSR count). The van der Waals surface area contributed by atoms with E-state index in [2.05, 4.69) is 16.4 Å². The molecule has 8 nitrogen and oxygen atoms in total. The third-order valence-electron chi connectivity index (χ3n) is 5.39. The van der Waals surface area contributed by atoms with Crippen LogP contribution in [0.4, 0.5) is 15.6 Å². The van der Waals surface area contributed by atoms with Crippen molar-refractivity contribution in [2.45, 2.75) is 18.8 Å². The number of thiazole rings is 1. The summed E-state index contributed by atoms with van der Waals surface area (Å²) in [5.74, 6) is 0.0210. The molecule has 2 aromatic rings. The number of nitrogens with one attached hydrogen (secondary N) is 1. The molecule has 1 atom stereocenters. The predicted octanol–water partition coefficient (Wildman–Crippen LogP) is 2.57. The maximum atomic E-state index is 13.0. The van der Waals surface area contributed by atoms with Crippen LogP contribution >= 0.6 is 11.3 Å². The van der Waals surface area contributed by atoms with Crippen molar-refractivity contribution in [2.24, 2.45) is 0 Å². The summed E-state index contributed by atoms with van der Waals surface area (Å²) in [6.07, 6.45) is 2.31. The van der Waals surface area contributed by atoms with Crippen molar-refractivity contribution in [3.05, 3.63) is 35.5 Å². The van der Waals surface area contributed by atoms with Crippen molar-refractivity contribution in [2.75, 3.05) is 37.0 Å². The van der Waals surface area contributed by atoms with E-state index in [1.54, 1.807) is 42.2 Å². The molecule has 1 aromatic carbocycles. The number of benzene rings is 1. The smallest absolute Gasteiger partial charge is 0.328 e. The summed E-state index contributed by atoms with van der Waals surface area (Å²) in [4.78, 5) is 32.5. The van der Waals surface area contributed by atoms with Crippen LogP contribution < -0.4 is 15.0 Å². The molecule has 1 spiro atoms. The molecular formula is C19H19N5O3S.